The van der Waals surface area contributed by atoms with Gasteiger partial charge in [0.05, 0.1) is 15.7 Å². The Bertz CT molecular complexity index is 1300. The largest absolute Gasteiger partial charge is 0.339 e. The summed E-state index contributed by atoms with van der Waals surface area (Å²) in [4.78, 5) is 21.1. The molecular weight excluding hydrogens is 460 g/mol. The van der Waals surface area contributed by atoms with E-state index in [-0.39, 0.29) is 23.3 Å². The van der Waals surface area contributed by atoms with E-state index in [9.17, 15) is 13.2 Å². The fourth-order valence-corrected chi connectivity index (χ4v) is 7.73. The number of rotatable bonds is 4. The summed E-state index contributed by atoms with van der Waals surface area (Å²) in [5.74, 6) is 0.486. The van der Waals surface area contributed by atoms with Gasteiger partial charge in [-0.3, -0.25) is 4.79 Å². The molecule has 4 heterocycles. The number of piperidine rings is 1. The molecule has 1 amide bonds. The summed E-state index contributed by atoms with van der Waals surface area (Å²) in [6, 6.07) is 9.61. The Morgan fingerprint density at radius 3 is 2.79 bits per heavy atom. The van der Waals surface area contributed by atoms with Crippen LogP contribution in [0.3, 0.4) is 0 Å². The van der Waals surface area contributed by atoms with Crippen LogP contribution >= 0.6 is 11.3 Å². The first kappa shape index (κ1) is 22.2. The molecule has 0 spiro atoms. The van der Waals surface area contributed by atoms with Gasteiger partial charge in [-0.2, -0.15) is 9.29 Å². The van der Waals surface area contributed by atoms with Crippen LogP contribution in [0, 0.1) is 19.8 Å². The van der Waals surface area contributed by atoms with Gasteiger partial charge in [-0.1, -0.05) is 23.4 Å². The highest BCUT2D eigenvalue weighted by molar-refractivity contribution is 7.89. The fourth-order valence-electron chi connectivity index (χ4n) is 4.72. The number of fused-ring (bicyclic) bond motifs is 1. The van der Waals surface area contributed by atoms with Gasteiger partial charge in [0.15, 0.2) is 0 Å². The van der Waals surface area contributed by atoms with E-state index >= 15 is 0 Å². The first-order valence-electron chi connectivity index (χ1n) is 11.1. The number of carbonyl (C=O) groups excluding carboxylic acids is 1. The molecule has 2 aromatic heterocycles. The summed E-state index contributed by atoms with van der Waals surface area (Å²) in [5, 5.41) is 3.91. The summed E-state index contributed by atoms with van der Waals surface area (Å²) in [7, 11) is -3.74. The average Bonchev–Trinajstić information content (AvgIpc) is 3.44. The van der Waals surface area contributed by atoms with Crippen LogP contribution in [0.1, 0.15) is 35.6 Å². The van der Waals surface area contributed by atoms with E-state index in [0.717, 1.165) is 18.5 Å². The monoisotopic (exact) mass is 486 g/mol. The second kappa shape index (κ2) is 8.66. The molecule has 5 rings (SSSR count). The van der Waals surface area contributed by atoms with E-state index in [4.69, 9.17) is 4.52 Å². The van der Waals surface area contributed by atoms with Gasteiger partial charge in [-0.05, 0) is 50.3 Å². The van der Waals surface area contributed by atoms with Gasteiger partial charge in [-0.25, -0.2) is 8.42 Å². The summed E-state index contributed by atoms with van der Waals surface area (Å²) < 4.78 is 33.6. The number of hydrogen-bond donors (Lipinski definition) is 0. The smallest absolute Gasteiger partial charge is 0.244 e. The lowest BCUT2D eigenvalue weighted by molar-refractivity contribution is -0.123. The average molecular weight is 487 g/mol. The van der Waals surface area contributed by atoms with Crippen molar-refractivity contribution in [2.45, 2.75) is 44.4 Å². The number of thiophene rings is 1. The predicted molar refractivity (Wildman–Crippen MR) is 126 cm³/mol. The fraction of sp³-hybridized carbons (Fsp3) is 0.435. The van der Waals surface area contributed by atoms with E-state index in [0.29, 0.717) is 47.4 Å². The van der Waals surface area contributed by atoms with Gasteiger partial charge < -0.3 is 9.42 Å². The van der Waals surface area contributed by atoms with Gasteiger partial charge in [-0.15, -0.1) is 11.3 Å². The minimum atomic E-state index is -3.74. The third-order valence-corrected chi connectivity index (χ3v) is 9.51. The minimum Gasteiger partial charge on any atom is -0.339 e. The highest BCUT2D eigenvalue weighted by Crippen LogP contribution is 2.36. The van der Waals surface area contributed by atoms with Crippen LogP contribution in [0.5, 0.6) is 0 Å². The predicted octanol–water partition coefficient (Wildman–Crippen LogP) is 3.80. The third kappa shape index (κ3) is 4.11. The van der Waals surface area contributed by atoms with Crippen LogP contribution in [0.4, 0.5) is 5.69 Å². The van der Waals surface area contributed by atoms with Crippen molar-refractivity contribution >= 4 is 33.0 Å². The minimum absolute atomic E-state index is 0.0204. The molecule has 0 saturated carbocycles. The molecule has 33 heavy (non-hydrogen) atoms. The van der Waals surface area contributed by atoms with Crippen LogP contribution in [-0.2, 0) is 21.2 Å². The second-order valence-electron chi connectivity index (χ2n) is 8.59. The molecule has 1 saturated heterocycles. The van der Waals surface area contributed by atoms with Gasteiger partial charge in [0.1, 0.15) is 0 Å². The molecule has 1 fully saturated rings. The summed E-state index contributed by atoms with van der Waals surface area (Å²) in [6.45, 7) is 4.77. The number of aryl methyl sites for hydroxylation is 3. The van der Waals surface area contributed by atoms with Crippen molar-refractivity contribution in [3.8, 4) is 10.7 Å². The molecule has 0 N–H and O–H groups in total. The summed E-state index contributed by atoms with van der Waals surface area (Å²) >= 11 is 1.33. The van der Waals surface area contributed by atoms with Crippen molar-refractivity contribution in [2.24, 2.45) is 5.92 Å². The highest BCUT2D eigenvalue weighted by Gasteiger charge is 2.37. The van der Waals surface area contributed by atoms with Gasteiger partial charge in [0, 0.05) is 37.1 Å². The number of aromatic nitrogens is 2. The molecule has 8 nitrogen and oxygen atoms in total. The number of hydrogen-bond acceptors (Lipinski definition) is 7. The maximum Gasteiger partial charge on any atom is 0.244 e. The lowest BCUT2D eigenvalue weighted by Crippen LogP contribution is -2.48. The molecule has 1 atom stereocenters. The van der Waals surface area contributed by atoms with E-state index < -0.39 is 10.0 Å². The second-order valence-corrected chi connectivity index (χ2v) is 11.8. The number of anilines is 1. The Morgan fingerprint density at radius 2 is 2.00 bits per heavy atom. The molecular formula is C23H26N4O4S2. The Hall–Kier alpha value is -2.56. The Balaban J connectivity index is 1.38. The molecule has 2 aliphatic rings. The molecule has 174 valence electrons. The normalized spacial score (nSPS) is 19.5. The van der Waals surface area contributed by atoms with Gasteiger partial charge in [0.2, 0.25) is 27.6 Å². The van der Waals surface area contributed by atoms with Crippen molar-refractivity contribution in [3.63, 3.8) is 0 Å². The van der Waals surface area contributed by atoms with Crippen molar-refractivity contribution < 1.29 is 17.7 Å². The number of nitrogens with zero attached hydrogens (tertiary/aromatic N) is 4. The molecule has 0 bridgehead atoms. The molecule has 0 unspecified atom stereocenters. The number of amides is 1. The molecule has 2 aliphatic heterocycles. The van der Waals surface area contributed by atoms with E-state index in [1.54, 1.807) is 19.9 Å². The van der Waals surface area contributed by atoms with E-state index in [1.165, 1.54) is 21.2 Å². The van der Waals surface area contributed by atoms with Crippen LogP contribution in [0.25, 0.3) is 10.7 Å². The van der Waals surface area contributed by atoms with Crippen LogP contribution in [-0.4, -0.2) is 48.4 Å². The highest BCUT2D eigenvalue weighted by atomic mass is 32.2. The Kier molecular flexibility index (Phi) is 5.84. The van der Waals surface area contributed by atoms with Crippen LogP contribution in [0.15, 0.2) is 39.8 Å². The topological polar surface area (TPSA) is 96.6 Å². The zero-order valence-corrected chi connectivity index (χ0v) is 20.3. The molecule has 0 radical (unpaired) electrons. The van der Waals surface area contributed by atoms with Crippen molar-refractivity contribution in [1.82, 2.24) is 14.4 Å². The lowest BCUT2D eigenvalue weighted by Gasteiger charge is -2.36. The number of para-hydroxylation sites is 1. The molecule has 1 aromatic carbocycles. The first-order chi connectivity index (χ1) is 15.8. The molecule has 3 aromatic rings. The molecule has 10 heteroatoms. The van der Waals surface area contributed by atoms with E-state index in [2.05, 4.69) is 16.2 Å². The Morgan fingerprint density at radius 1 is 1.18 bits per heavy atom. The molecule has 0 aliphatic carbocycles. The maximum atomic E-state index is 13.5. The summed E-state index contributed by atoms with van der Waals surface area (Å²) in [5.41, 5.74) is 2.14. The van der Waals surface area contributed by atoms with Crippen molar-refractivity contribution in [1.29, 1.82) is 0 Å². The van der Waals surface area contributed by atoms with Crippen molar-refractivity contribution in [2.75, 3.05) is 24.5 Å². The van der Waals surface area contributed by atoms with E-state index in [1.807, 2.05) is 23.1 Å². The van der Waals surface area contributed by atoms with Crippen LogP contribution in [0.2, 0.25) is 0 Å². The first-order valence-corrected chi connectivity index (χ1v) is 13.4. The zero-order chi connectivity index (χ0) is 23.2. The lowest BCUT2D eigenvalue weighted by atomic mass is 9.95. The van der Waals surface area contributed by atoms with Gasteiger partial charge in [0.25, 0.3) is 0 Å². The SMILES string of the molecule is Cc1nc(-c2cc(S(=O)(=O)N3CCC[C@@H](C(=O)N4CCCc5ccccc54)C3)c(C)s2)no1. The van der Waals surface area contributed by atoms with Gasteiger partial charge >= 0.3 is 0 Å². The number of carbonyl (C=O) groups is 1. The third-order valence-electron chi connectivity index (χ3n) is 6.35. The standard InChI is InChI=1S/C23H26N4O4S2/c1-15-21(13-20(32-15)22-24-16(2)31-25-22)33(29,30)26-11-5-9-18(14-26)23(28)27-12-6-8-17-7-3-4-10-19(17)27/h3-4,7,10,13,18H,5-6,8-9,11-12,14H2,1-2H3/t18-/m1/s1. The van der Waals surface area contributed by atoms with Crippen LogP contribution < -0.4 is 4.90 Å². The zero-order valence-electron chi connectivity index (χ0n) is 18.7. The van der Waals surface area contributed by atoms with Crippen molar-refractivity contribution in [3.05, 3.63) is 46.7 Å². The quantitative estimate of drug-likeness (QED) is 0.557. The Labute approximate surface area is 197 Å². The summed E-state index contributed by atoms with van der Waals surface area (Å²) in [6.07, 6.45) is 3.24. The maximum absolute atomic E-state index is 13.5. The number of benzene rings is 1. The number of sulfonamides is 1.